The van der Waals surface area contributed by atoms with E-state index in [1.54, 1.807) is 0 Å². The Morgan fingerprint density at radius 3 is 2.71 bits per heavy atom. The lowest BCUT2D eigenvalue weighted by Crippen LogP contribution is -2.48. The quantitative estimate of drug-likeness (QED) is 0.426. The van der Waals surface area contributed by atoms with Gasteiger partial charge >= 0.3 is 0 Å². The van der Waals surface area contributed by atoms with E-state index < -0.39 is 0 Å². The minimum Gasteiger partial charge on any atom is -0.376 e. The molecule has 0 aromatic heterocycles. The topological polar surface area (TPSA) is 47.3 Å². The minimum absolute atomic E-state index is 0.174. The molecule has 100 valence electrons. The summed E-state index contributed by atoms with van der Waals surface area (Å²) >= 11 is 0. The van der Waals surface area contributed by atoms with Gasteiger partial charge in [0.2, 0.25) is 0 Å². The summed E-state index contributed by atoms with van der Waals surface area (Å²) in [6.45, 7) is 7.18. The number of ether oxygens (including phenoxy) is 1. The van der Waals surface area contributed by atoms with E-state index in [0.717, 1.165) is 13.0 Å². The summed E-state index contributed by atoms with van der Waals surface area (Å²) in [7, 11) is 0. The SMILES string of the molecule is CCOC(C(C)C)C(NN)C1=CCCCCC1. The van der Waals surface area contributed by atoms with Gasteiger partial charge in [-0.15, -0.1) is 0 Å². The standard InChI is InChI=1S/C14H28N2O/c1-4-17-14(11(2)3)13(16-15)12-9-7-5-6-8-10-12/h9,11,13-14,16H,4-8,10,15H2,1-3H3. The van der Waals surface area contributed by atoms with Gasteiger partial charge in [0.1, 0.15) is 0 Å². The summed E-state index contributed by atoms with van der Waals surface area (Å²) in [5.41, 5.74) is 4.41. The molecule has 1 aliphatic carbocycles. The van der Waals surface area contributed by atoms with Crippen molar-refractivity contribution >= 4 is 0 Å². The number of allylic oxidation sites excluding steroid dienone is 1. The molecule has 1 aliphatic rings. The second-order valence-corrected chi connectivity index (χ2v) is 5.19. The zero-order valence-electron chi connectivity index (χ0n) is 11.5. The molecule has 3 nitrogen and oxygen atoms in total. The first-order valence-corrected chi connectivity index (χ1v) is 6.97. The van der Waals surface area contributed by atoms with Crippen LogP contribution in [0, 0.1) is 5.92 Å². The number of nitrogens with one attached hydrogen (secondary N) is 1. The summed E-state index contributed by atoms with van der Waals surface area (Å²) < 4.78 is 5.87. The summed E-state index contributed by atoms with van der Waals surface area (Å²) in [5, 5.41) is 0. The molecule has 0 spiro atoms. The highest BCUT2D eigenvalue weighted by Gasteiger charge is 2.27. The molecule has 0 saturated carbocycles. The molecule has 2 atom stereocenters. The monoisotopic (exact) mass is 240 g/mol. The normalized spacial score (nSPS) is 20.9. The van der Waals surface area contributed by atoms with Gasteiger partial charge in [0.25, 0.3) is 0 Å². The number of hydrogen-bond acceptors (Lipinski definition) is 3. The van der Waals surface area contributed by atoms with Crippen molar-refractivity contribution in [1.82, 2.24) is 5.43 Å². The van der Waals surface area contributed by atoms with Crippen LogP contribution < -0.4 is 11.3 Å². The van der Waals surface area contributed by atoms with Gasteiger partial charge in [-0.2, -0.15) is 0 Å². The molecule has 0 aliphatic heterocycles. The van der Waals surface area contributed by atoms with E-state index in [1.807, 2.05) is 6.92 Å². The third-order valence-corrected chi connectivity index (χ3v) is 3.50. The molecule has 0 aromatic carbocycles. The number of nitrogens with two attached hydrogens (primary N) is 1. The predicted octanol–water partition coefficient (Wildman–Crippen LogP) is 2.77. The van der Waals surface area contributed by atoms with Crippen molar-refractivity contribution in [3.8, 4) is 0 Å². The maximum atomic E-state index is 5.87. The first-order valence-electron chi connectivity index (χ1n) is 6.97. The Bertz CT molecular complexity index is 238. The van der Waals surface area contributed by atoms with E-state index in [4.69, 9.17) is 10.6 Å². The minimum atomic E-state index is 0.174. The van der Waals surface area contributed by atoms with Gasteiger partial charge in [-0.1, -0.05) is 31.9 Å². The van der Waals surface area contributed by atoms with Crippen LogP contribution in [0.15, 0.2) is 11.6 Å². The van der Waals surface area contributed by atoms with E-state index in [9.17, 15) is 0 Å². The molecule has 2 unspecified atom stereocenters. The van der Waals surface area contributed by atoms with E-state index in [-0.39, 0.29) is 12.1 Å². The van der Waals surface area contributed by atoms with Crippen molar-refractivity contribution in [2.45, 2.75) is 65.0 Å². The lowest BCUT2D eigenvalue weighted by molar-refractivity contribution is 0.0112. The average Bonchev–Trinajstić information content (AvgIpc) is 2.57. The highest BCUT2D eigenvalue weighted by Crippen LogP contribution is 2.24. The molecule has 3 heteroatoms. The molecule has 0 radical (unpaired) electrons. The molecular formula is C14H28N2O. The lowest BCUT2D eigenvalue weighted by atomic mass is 9.91. The summed E-state index contributed by atoms with van der Waals surface area (Å²) in [4.78, 5) is 0. The molecular weight excluding hydrogens is 212 g/mol. The molecule has 0 fully saturated rings. The van der Waals surface area contributed by atoms with Gasteiger partial charge in [-0.25, -0.2) is 0 Å². The van der Waals surface area contributed by atoms with Crippen LogP contribution in [0.2, 0.25) is 0 Å². The van der Waals surface area contributed by atoms with Crippen molar-refractivity contribution < 1.29 is 4.74 Å². The summed E-state index contributed by atoms with van der Waals surface area (Å²) in [6, 6.07) is 0.174. The predicted molar refractivity (Wildman–Crippen MR) is 72.5 cm³/mol. The van der Waals surface area contributed by atoms with Crippen molar-refractivity contribution in [2.24, 2.45) is 11.8 Å². The molecule has 0 heterocycles. The van der Waals surface area contributed by atoms with Crippen molar-refractivity contribution in [1.29, 1.82) is 0 Å². The molecule has 0 amide bonds. The number of rotatable bonds is 6. The van der Waals surface area contributed by atoms with Gasteiger partial charge < -0.3 is 4.74 Å². The number of hydrazine groups is 1. The zero-order chi connectivity index (χ0) is 12.7. The summed E-state index contributed by atoms with van der Waals surface area (Å²) in [6.07, 6.45) is 8.80. The second kappa shape index (κ2) is 7.85. The van der Waals surface area contributed by atoms with Crippen LogP contribution in [0.1, 0.15) is 52.9 Å². The molecule has 0 bridgehead atoms. The van der Waals surface area contributed by atoms with Crippen LogP contribution in [-0.2, 0) is 4.74 Å². The molecule has 3 N–H and O–H groups in total. The third kappa shape index (κ3) is 4.41. The molecule has 0 aromatic rings. The van der Waals surface area contributed by atoms with E-state index in [0.29, 0.717) is 5.92 Å². The van der Waals surface area contributed by atoms with Crippen LogP contribution in [0.4, 0.5) is 0 Å². The van der Waals surface area contributed by atoms with Gasteiger partial charge in [0.05, 0.1) is 12.1 Å². The Morgan fingerprint density at radius 1 is 1.35 bits per heavy atom. The zero-order valence-corrected chi connectivity index (χ0v) is 11.5. The maximum absolute atomic E-state index is 5.87. The van der Waals surface area contributed by atoms with Crippen LogP contribution >= 0.6 is 0 Å². The fourth-order valence-electron chi connectivity index (χ4n) is 2.60. The number of hydrogen-bond donors (Lipinski definition) is 2. The maximum Gasteiger partial charge on any atom is 0.0802 e. The highest BCUT2D eigenvalue weighted by molar-refractivity contribution is 5.14. The highest BCUT2D eigenvalue weighted by atomic mass is 16.5. The second-order valence-electron chi connectivity index (χ2n) is 5.19. The van der Waals surface area contributed by atoms with Crippen molar-refractivity contribution in [3.63, 3.8) is 0 Å². The average molecular weight is 240 g/mol. The largest absolute Gasteiger partial charge is 0.376 e. The van der Waals surface area contributed by atoms with E-state index in [2.05, 4.69) is 25.3 Å². The first kappa shape index (κ1) is 14.7. The van der Waals surface area contributed by atoms with Crippen LogP contribution in [0.25, 0.3) is 0 Å². The Balaban J connectivity index is 2.75. The van der Waals surface area contributed by atoms with E-state index in [1.165, 1.54) is 31.3 Å². The van der Waals surface area contributed by atoms with Crippen LogP contribution in [-0.4, -0.2) is 18.8 Å². The summed E-state index contributed by atoms with van der Waals surface area (Å²) in [5.74, 6) is 6.23. The van der Waals surface area contributed by atoms with E-state index >= 15 is 0 Å². The Kier molecular flexibility index (Phi) is 6.78. The van der Waals surface area contributed by atoms with Gasteiger partial charge in [-0.05, 0) is 38.5 Å². The van der Waals surface area contributed by atoms with Crippen molar-refractivity contribution in [3.05, 3.63) is 11.6 Å². The van der Waals surface area contributed by atoms with Crippen molar-refractivity contribution in [2.75, 3.05) is 6.61 Å². The fourth-order valence-corrected chi connectivity index (χ4v) is 2.60. The van der Waals surface area contributed by atoms with Crippen LogP contribution in [0.3, 0.4) is 0 Å². The smallest absolute Gasteiger partial charge is 0.0802 e. The van der Waals surface area contributed by atoms with Gasteiger partial charge in [-0.3, -0.25) is 11.3 Å². The Labute approximate surface area is 106 Å². The van der Waals surface area contributed by atoms with Crippen LogP contribution in [0.5, 0.6) is 0 Å². The Hall–Kier alpha value is -0.380. The van der Waals surface area contributed by atoms with Gasteiger partial charge in [0, 0.05) is 6.61 Å². The first-order chi connectivity index (χ1) is 8.20. The molecule has 17 heavy (non-hydrogen) atoms. The Morgan fingerprint density at radius 2 is 2.12 bits per heavy atom. The fraction of sp³-hybridized carbons (Fsp3) is 0.857. The molecule has 1 rings (SSSR count). The lowest BCUT2D eigenvalue weighted by Gasteiger charge is -2.31. The third-order valence-electron chi connectivity index (χ3n) is 3.50. The molecule has 0 saturated heterocycles. The van der Waals surface area contributed by atoms with Gasteiger partial charge in [0.15, 0.2) is 0 Å².